The number of halogens is 1. The number of hydrogen-bond acceptors (Lipinski definition) is 5. The number of nitrogens with zero attached hydrogens (tertiary/aromatic N) is 1. The fraction of sp³-hybridized carbons (Fsp3) is 0.696. The normalized spacial score (nSPS) is 16.1. The lowest BCUT2D eigenvalue weighted by Gasteiger charge is -2.15. The highest BCUT2D eigenvalue weighted by atomic mass is 127. The smallest absolute Gasteiger partial charge is 0.191 e. The van der Waals surface area contributed by atoms with Crippen molar-refractivity contribution in [3.05, 3.63) is 29.3 Å². The van der Waals surface area contributed by atoms with Crippen LogP contribution in [0.1, 0.15) is 37.3 Å². The Bertz CT molecular complexity index is 625. The van der Waals surface area contributed by atoms with E-state index in [0.29, 0.717) is 32.3 Å². The molecule has 0 spiro atoms. The van der Waals surface area contributed by atoms with Crippen LogP contribution >= 0.6 is 24.0 Å². The van der Waals surface area contributed by atoms with Gasteiger partial charge in [0.15, 0.2) is 5.96 Å². The Labute approximate surface area is 204 Å². The molecule has 1 saturated heterocycles. The molecule has 1 aromatic carbocycles. The number of ether oxygens (including phenoxy) is 4. The molecule has 31 heavy (non-hydrogen) atoms. The van der Waals surface area contributed by atoms with Gasteiger partial charge in [0.1, 0.15) is 5.75 Å². The topological polar surface area (TPSA) is 73.3 Å². The lowest BCUT2D eigenvalue weighted by atomic mass is 10.1. The van der Waals surface area contributed by atoms with Gasteiger partial charge in [-0.25, -0.2) is 4.99 Å². The van der Waals surface area contributed by atoms with Crippen LogP contribution in [0.15, 0.2) is 23.2 Å². The standard InChI is InChI=1S/C23H39N3O4.HI/c1-4-24-23(25-10-5-6-11-28-14-13-27-3)26-16-21-8-7-19(2)15-22(21)30-18-20-9-12-29-17-20;/h7-8,15,20H,4-6,9-14,16-18H2,1-3H3,(H2,24,25,26);1H. The van der Waals surface area contributed by atoms with Crippen molar-refractivity contribution in [3.8, 4) is 5.75 Å². The maximum absolute atomic E-state index is 6.13. The lowest BCUT2D eigenvalue weighted by Crippen LogP contribution is -2.37. The van der Waals surface area contributed by atoms with Crippen molar-refractivity contribution >= 4 is 29.9 Å². The van der Waals surface area contributed by atoms with Crippen molar-refractivity contribution in [3.63, 3.8) is 0 Å². The van der Waals surface area contributed by atoms with Crippen molar-refractivity contribution < 1.29 is 18.9 Å². The van der Waals surface area contributed by atoms with Gasteiger partial charge in [0.25, 0.3) is 0 Å². The molecule has 1 atom stereocenters. The van der Waals surface area contributed by atoms with E-state index in [1.54, 1.807) is 7.11 Å². The monoisotopic (exact) mass is 549 g/mol. The number of aliphatic imine (C=N–C) groups is 1. The Balaban J connectivity index is 0.00000480. The van der Waals surface area contributed by atoms with E-state index in [2.05, 4.69) is 42.7 Å². The minimum atomic E-state index is 0. The molecular formula is C23H40IN3O4. The summed E-state index contributed by atoms with van der Waals surface area (Å²) < 4.78 is 22.1. The van der Waals surface area contributed by atoms with E-state index in [9.17, 15) is 0 Å². The van der Waals surface area contributed by atoms with E-state index in [-0.39, 0.29) is 24.0 Å². The van der Waals surface area contributed by atoms with Crippen molar-refractivity contribution in [1.82, 2.24) is 10.6 Å². The summed E-state index contributed by atoms with van der Waals surface area (Å²) in [7, 11) is 1.69. The second-order valence-corrected chi connectivity index (χ2v) is 7.59. The molecule has 1 fully saturated rings. The van der Waals surface area contributed by atoms with Crippen LogP contribution in [-0.2, 0) is 20.8 Å². The highest BCUT2D eigenvalue weighted by molar-refractivity contribution is 14.0. The molecule has 1 aliphatic rings. The minimum Gasteiger partial charge on any atom is -0.493 e. The molecule has 178 valence electrons. The van der Waals surface area contributed by atoms with Crippen LogP contribution in [0.4, 0.5) is 0 Å². The maximum Gasteiger partial charge on any atom is 0.191 e. The number of guanidine groups is 1. The van der Waals surface area contributed by atoms with Gasteiger partial charge in [-0.1, -0.05) is 12.1 Å². The summed E-state index contributed by atoms with van der Waals surface area (Å²) in [4.78, 5) is 4.75. The van der Waals surface area contributed by atoms with Crippen LogP contribution in [0.2, 0.25) is 0 Å². The molecule has 1 aliphatic heterocycles. The Morgan fingerprint density at radius 3 is 2.81 bits per heavy atom. The number of nitrogens with one attached hydrogen (secondary N) is 2. The zero-order chi connectivity index (χ0) is 21.4. The van der Waals surface area contributed by atoms with Gasteiger partial charge in [-0.3, -0.25) is 0 Å². The van der Waals surface area contributed by atoms with Crippen LogP contribution in [0, 0.1) is 12.8 Å². The molecule has 0 amide bonds. The first-order chi connectivity index (χ1) is 14.7. The molecule has 1 unspecified atom stereocenters. The Hall–Kier alpha value is -1.10. The third-order valence-corrected chi connectivity index (χ3v) is 4.91. The fourth-order valence-corrected chi connectivity index (χ4v) is 3.14. The summed E-state index contributed by atoms with van der Waals surface area (Å²) in [5.74, 6) is 2.24. The van der Waals surface area contributed by atoms with Crippen molar-refractivity contribution in [1.29, 1.82) is 0 Å². The Morgan fingerprint density at radius 2 is 2.06 bits per heavy atom. The largest absolute Gasteiger partial charge is 0.493 e. The number of aryl methyl sites for hydroxylation is 1. The van der Waals surface area contributed by atoms with E-state index in [1.165, 1.54) is 5.56 Å². The Morgan fingerprint density at radius 1 is 1.19 bits per heavy atom. The Kier molecular flexibility index (Phi) is 15.7. The SMILES string of the molecule is CCNC(=NCc1ccc(C)cc1OCC1CCOC1)NCCCCOCCOC.I. The third kappa shape index (κ3) is 11.9. The first-order valence-corrected chi connectivity index (χ1v) is 11.1. The molecule has 8 heteroatoms. The highest BCUT2D eigenvalue weighted by Crippen LogP contribution is 2.23. The molecule has 0 radical (unpaired) electrons. The van der Waals surface area contributed by atoms with Crippen molar-refractivity contribution in [2.24, 2.45) is 10.9 Å². The number of methoxy groups -OCH3 is 1. The second kappa shape index (κ2) is 17.5. The van der Waals surface area contributed by atoms with Gasteiger partial charge in [-0.05, 0) is 44.7 Å². The van der Waals surface area contributed by atoms with Gasteiger partial charge in [-0.15, -0.1) is 24.0 Å². The summed E-state index contributed by atoms with van der Waals surface area (Å²) >= 11 is 0. The molecule has 2 rings (SSSR count). The molecule has 0 aromatic heterocycles. The van der Waals surface area contributed by atoms with Crippen molar-refractivity contribution in [2.75, 3.05) is 59.8 Å². The van der Waals surface area contributed by atoms with Crippen LogP contribution in [-0.4, -0.2) is 65.8 Å². The molecule has 7 nitrogen and oxygen atoms in total. The van der Waals surface area contributed by atoms with E-state index in [0.717, 1.165) is 69.4 Å². The summed E-state index contributed by atoms with van der Waals surface area (Å²) in [5.41, 5.74) is 2.29. The molecule has 2 N–H and O–H groups in total. The zero-order valence-corrected chi connectivity index (χ0v) is 21.6. The number of rotatable bonds is 14. The number of unbranched alkanes of at least 4 members (excludes halogenated alkanes) is 1. The zero-order valence-electron chi connectivity index (χ0n) is 19.3. The molecule has 1 aromatic rings. The first kappa shape index (κ1) is 27.9. The number of benzene rings is 1. The minimum absolute atomic E-state index is 0. The van der Waals surface area contributed by atoms with Crippen LogP contribution in [0.5, 0.6) is 5.75 Å². The highest BCUT2D eigenvalue weighted by Gasteiger charge is 2.17. The van der Waals surface area contributed by atoms with Crippen LogP contribution in [0.3, 0.4) is 0 Å². The van der Waals surface area contributed by atoms with E-state index in [4.69, 9.17) is 23.9 Å². The van der Waals surface area contributed by atoms with Gasteiger partial charge in [0.05, 0.1) is 33.0 Å². The summed E-state index contributed by atoms with van der Waals surface area (Å²) in [5, 5.41) is 6.71. The lowest BCUT2D eigenvalue weighted by molar-refractivity contribution is 0.0689. The predicted octanol–water partition coefficient (Wildman–Crippen LogP) is 3.53. The van der Waals surface area contributed by atoms with Gasteiger partial charge < -0.3 is 29.6 Å². The average molecular weight is 549 g/mol. The molecule has 0 aliphatic carbocycles. The summed E-state index contributed by atoms with van der Waals surface area (Å²) in [6.07, 6.45) is 3.11. The van der Waals surface area contributed by atoms with Gasteiger partial charge >= 0.3 is 0 Å². The molecule has 0 bridgehead atoms. The molecule has 1 heterocycles. The molecular weight excluding hydrogens is 509 g/mol. The predicted molar refractivity (Wildman–Crippen MR) is 136 cm³/mol. The van der Waals surface area contributed by atoms with E-state index < -0.39 is 0 Å². The molecule has 0 saturated carbocycles. The maximum atomic E-state index is 6.13. The van der Waals surface area contributed by atoms with Gasteiger partial charge in [0, 0.05) is 44.9 Å². The van der Waals surface area contributed by atoms with Crippen LogP contribution in [0.25, 0.3) is 0 Å². The number of hydrogen-bond donors (Lipinski definition) is 2. The van der Waals surface area contributed by atoms with Gasteiger partial charge in [-0.2, -0.15) is 0 Å². The quantitative estimate of drug-likeness (QED) is 0.160. The third-order valence-electron chi connectivity index (χ3n) is 4.91. The van der Waals surface area contributed by atoms with Gasteiger partial charge in [0.2, 0.25) is 0 Å². The van der Waals surface area contributed by atoms with E-state index >= 15 is 0 Å². The van der Waals surface area contributed by atoms with E-state index in [1.807, 2.05) is 0 Å². The first-order valence-electron chi connectivity index (χ1n) is 11.1. The fourth-order valence-electron chi connectivity index (χ4n) is 3.14. The second-order valence-electron chi connectivity index (χ2n) is 7.59. The summed E-state index contributed by atoms with van der Waals surface area (Å²) in [6, 6.07) is 6.32. The van der Waals surface area contributed by atoms with Crippen molar-refractivity contribution in [2.45, 2.75) is 39.7 Å². The summed E-state index contributed by atoms with van der Waals surface area (Å²) in [6.45, 7) is 10.8. The average Bonchev–Trinajstić information content (AvgIpc) is 3.27. The van der Waals surface area contributed by atoms with Crippen LogP contribution < -0.4 is 15.4 Å².